The zero-order valence-corrected chi connectivity index (χ0v) is 16.1. The first-order valence-corrected chi connectivity index (χ1v) is 9.10. The van der Waals surface area contributed by atoms with Crippen molar-refractivity contribution in [2.75, 3.05) is 7.11 Å². The number of nitrogens with one attached hydrogen (secondary N) is 1. The topological polar surface area (TPSA) is 112 Å². The Bertz CT molecular complexity index is 1190. The van der Waals surface area contributed by atoms with Crippen LogP contribution in [0.3, 0.4) is 0 Å². The van der Waals surface area contributed by atoms with Crippen LogP contribution in [-0.2, 0) is 17.9 Å². The molecule has 0 aliphatic rings. The Morgan fingerprint density at radius 1 is 1.13 bits per heavy atom. The molecule has 9 nitrogen and oxygen atoms in total. The summed E-state index contributed by atoms with van der Waals surface area (Å²) >= 11 is 0. The number of rotatable bonds is 7. The Morgan fingerprint density at radius 3 is 2.67 bits per heavy atom. The molecule has 0 saturated heterocycles. The lowest BCUT2D eigenvalue weighted by molar-refractivity contribution is -0.121. The van der Waals surface area contributed by atoms with Gasteiger partial charge in [-0.1, -0.05) is 5.16 Å². The van der Waals surface area contributed by atoms with E-state index in [0.29, 0.717) is 17.1 Å². The van der Waals surface area contributed by atoms with E-state index in [1.165, 1.54) is 23.1 Å². The molecule has 30 heavy (non-hydrogen) atoms. The van der Waals surface area contributed by atoms with Gasteiger partial charge in [-0.2, -0.15) is 4.98 Å². The molecular weight excluding hydrogens is 388 g/mol. The number of methoxy groups -OCH3 is 1. The van der Waals surface area contributed by atoms with E-state index in [-0.39, 0.29) is 30.4 Å². The Hall–Kier alpha value is -4.14. The fraction of sp³-hybridized carbons (Fsp3) is 0.143. The first kappa shape index (κ1) is 19.2. The van der Waals surface area contributed by atoms with Gasteiger partial charge in [-0.15, -0.1) is 0 Å². The summed E-state index contributed by atoms with van der Waals surface area (Å²) in [6.45, 7) is 0.0992. The average molecular weight is 406 g/mol. The number of furan rings is 1. The van der Waals surface area contributed by atoms with Gasteiger partial charge in [0.1, 0.15) is 18.1 Å². The van der Waals surface area contributed by atoms with Gasteiger partial charge < -0.3 is 23.6 Å². The van der Waals surface area contributed by atoms with E-state index in [1.54, 1.807) is 37.4 Å². The molecule has 1 aromatic carbocycles. The number of carbonyl (C=O) groups excluding carboxylic acids is 1. The maximum Gasteiger partial charge on any atom is 0.259 e. The predicted octanol–water partition coefficient (Wildman–Crippen LogP) is 2.48. The lowest BCUT2D eigenvalue weighted by Crippen LogP contribution is -2.31. The number of hydrogen-bond donors (Lipinski definition) is 1. The second kappa shape index (κ2) is 8.48. The summed E-state index contributed by atoms with van der Waals surface area (Å²) in [7, 11) is 1.59. The van der Waals surface area contributed by atoms with Crippen molar-refractivity contribution in [2.24, 2.45) is 0 Å². The van der Waals surface area contributed by atoms with E-state index >= 15 is 0 Å². The minimum absolute atomic E-state index is 0.146. The van der Waals surface area contributed by atoms with Gasteiger partial charge in [0.05, 0.1) is 25.5 Å². The van der Waals surface area contributed by atoms with Crippen LogP contribution in [0, 0.1) is 0 Å². The molecule has 9 heteroatoms. The van der Waals surface area contributed by atoms with Crippen LogP contribution in [0.1, 0.15) is 5.76 Å². The van der Waals surface area contributed by atoms with E-state index in [0.717, 1.165) is 11.3 Å². The number of benzene rings is 1. The lowest BCUT2D eigenvalue weighted by atomic mass is 10.2. The minimum Gasteiger partial charge on any atom is -0.497 e. The number of hydrogen-bond acceptors (Lipinski definition) is 7. The molecule has 0 radical (unpaired) electrons. The third kappa shape index (κ3) is 4.30. The molecule has 0 aliphatic heterocycles. The van der Waals surface area contributed by atoms with E-state index in [4.69, 9.17) is 13.7 Å². The molecule has 1 amide bonds. The van der Waals surface area contributed by atoms with Crippen molar-refractivity contribution in [2.45, 2.75) is 13.1 Å². The Kier molecular flexibility index (Phi) is 5.42. The summed E-state index contributed by atoms with van der Waals surface area (Å²) in [6.07, 6.45) is 3.04. The first-order chi connectivity index (χ1) is 14.6. The van der Waals surface area contributed by atoms with Crippen LogP contribution < -0.4 is 15.6 Å². The molecule has 0 spiro atoms. The summed E-state index contributed by atoms with van der Waals surface area (Å²) in [5, 5.41) is 6.69. The highest BCUT2D eigenvalue weighted by Gasteiger charge is 2.13. The average Bonchev–Trinajstić information content (AvgIpc) is 3.46. The van der Waals surface area contributed by atoms with Gasteiger partial charge in [-0.25, -0.2) is 0 Å². The molecule has 0 saturated carbocycles. The number of carbonyl (C=O) groups is 1. The zero-order chi connectivity index (χ0) is 20.9. The van der Waals surface area contributed by atoms with Gasteiger partial charge in [0, 0.05) is 17.8 Å². The minimum atomic E-state index is -0.324. The van der Waals surface area contributed by atoms with Gasteiger partial charge in [0.25, 0.3) is 11.4 Å². The SMILES string of the molecule is COc1ccc(-c2noc(-c3ccc(=O)n(CC(=O)NCc4ccco4)c3)n2)cc1. The van der Waals surface area contributed by atoms with Gasteiger partial charge in [-0.3, -0.25) is 9.59 Å². The smallest absolute Gasteiger partial charge is 0.259 e. The van der Waals surface area contributed by atoms with Crippen LogP contribution in [-0.4, -0.2) is 27.7 Å². The summed E-state index contributed by atoms with van der Waals surface area (Å²) in [5.74, 6) is 1.67. The maximum atomic E-state index is 12.2. The van der Waals surface area contributed by atoms with Crippen LogP contribution in [0.4, 0.5) is 0 Å². The fourth-order valence-electron chi connectivity index (χ4n) is 2.79. The molecule has 0 atom stereocenters. The standard InChI is InChI=1S/C21H18N4O5/c1-28-16-7-4-14(5-8-16)20-23-21(30-24-20)15-6-9-19(27)25(12-15)13-18(26)22-11-17-3-2-10-29-17/h2-10,12H,11,13H2,1H3,(H,22,26). The Balaban J connectivity index is 1.49. The monoisotopic (exact) mass is 406 g/mol. The third-order valence-electron chi connectivity index (χ3n) is 4.36. The van der Waals surface area contributed by atoms with E-state index in [1.807, 2.05) is 12.1 Å². The molecule has 4 rings (SSSR count). The number of aromatic nitrogens is 3. The first-order valence-electron chi connectivity index (χ1n) is 9.10. The normalized spacial score (nSPS) is 10.7. The molecule has 1 N–H and O–H groups in total. The third-order valence-corrected chi connectivity index (χ3v) is 4.36. The van der Waals surface area contributed by atoms with Crippen molar-refractivity contribution in [3.05, 3.63) is 77.1 Å². The highest BCUT2D eigenvalue weighted by molar-refractivity contribution is 5.75. The van der Waals surface area contributed by atoms with Crippen molar-refractivity contribution in [3.63, 3.8) is 0 Å². The summed E-state index contributed by atoms with van der Waals surface area (Å²) in [6, 6.07) is 13.6. The largest absolute Gasteiger partial charge is 0.497 e. The van der Waals surface area contributed by atoms with Crippen molar-refractivity contribution >= 4 is 5.91 Å². The number of nitrogens with zero attached hydrogens (tertiary/aromatic N) is 3. The molecule has 0 bridgehead atoms. The molecule has 152 valence electrons. The van der Waals surface area contributed by atoms with E-state index in [2.05, 4.69) is 15.5 Å². The Labute approximate surface area is 170 Å². The van der Waals surface area contributed by atoms with Crippen LogP contribution >= 0.6 is 0 Å². The van der Waals surface area contributed by atoms with Crippen molar-refractivity contribution in [1.29, 1.82) is 0 Å². The van der Waals surface area contributed by atoms with Crippen molar-refractivity contribution in [3.8, 4) is 28.6 Å². The van der Waals surface area contributed by atoms with Gasteiger partial charge in [0.2, 0.25) is 11.7 Å². The summed E-state index contributed by atoms with van der Waals surface area (Å²) in [5.41, 5.74) is 0.971. The van der Waals surface area contributed by atoms with E-state index in [9.17, 15) is 9.59 Å². The summed E-state index contributed by atoms with van der Waals surface area (Å²) < 4.78 is 16.9. The molecular formula is C21H18N4O5. The predicted molar refractivity (Wildman–Crippen MR) is 107 cm³/mol. The summed E-state index contributed by atoms with van der Waals surface area (Å²) in [4.78, 5) is 28.7. The number of amides is 1. The van der Waals surface area contributed by atoms with Crippen LogP contribution in [0.15, 0.2) is 74.7 Å². The second-order valence-electron chi connectivity index (χ2n) is 6.39. The highest BCUT2D eigenvalue weighted by Crippen LogP contribution is 2.23. The van der Waals surface area contributed by atoms with Crippen molar-refractivity contribution < 1.29 is 18.5 Å². The fourth-order valence-corrected chi connectivity index (χ4v) is 2.79. The molecule has 3 aromatic heterocycles. The van der Waals surface area contributed by atoms with Gasteiger partial charge in [-0.05, 0) is 42.5 Å². The zero-order valence-electron chi connectivity index (χ0n) is 16.1. The highest BCUT2D eigenvalue weighted by atomic mass is 16.5. The van der Waals surface area contributed by atoms with Crippen LogP contribution in [0.2, 0.25) is 0 Å². The quantitative estimate of drug-likeness (QED) is 0.502. The van der Waals surface area contributed by atoms with Crippen LogP contribution in [0.25, 0.3) is 22.8 Å². The number of pyridine rings is 1. The molecule has 3 heterocycles. The van der Waals surface area contributed by atoms with Crippen LogP contribution in [0.5, 0.6) is 5.75 Å². The molecule has 4 aromatic rings. The molecule has 0 unspecified atom stereocenters. The lowest BCUT2D eigenvalue weighted by Gasteiger charge is -2.07. The van der Waals surface area contributed by atoms with Gasteiger partial charge >= 0.3 is 0 Å². The molecule has 0 aliphatic carbocycles. The molecule has 0 fully saturated rings. The van der Waals surface area contributed by atoms with Gasteiger partial charge in [0.15, 0.2) is 0 Å². The Morgan fingerprint density at radius 2 is 1.93 bits per heavy atom. The van der Waals surface area contributed by atoms with E-state index < -0.39 is 0 Å². The maximum absolute atomic E-state index is 12.2. The number of ether oxygens (including phenoxy) is 1. The second-order valence-corrected chi connectivity index (χ2v) is 6.39. The van der Waals surface area contributed by atoms with Crippen molar-refractivity contribution in [1.82, 2.24) is 20.0 Å².